The van der Waals surface area contributed by atoms with Crippen LogP contribution in [-0.2, 0) is 9.59 Å². The van der Waals surface area contributed by atoms with E-state index in [4.69, 9.17) is 4.74 Å². The van der Waals surface area contributed by atoms with Gasteiger partial charge < -0.3 is 10.1 Å². The normalized spacial score (nSPS) is 12.0. The lowest BCUT2D eigenvalue weighted by Crippen LogP contribution is -2.47. The zero-order valence-electron chi connectivity index (χ0n) is 17.4. The number of hydrogen-bond donors (Lipinski definition) is 2. The van der Waals surface area contributed by atoms with E-state index >= 15 is 0 Å². The molecule has 0 saturated carbocycles. The summed E-state index contributed by atoms with van der Waals surface area (Å²) in [4.78, 5) is 24.8. The smallest absolute Gasteiger partial charge is 0.262 e. The maximum atomic E-state index is 12.5. The lowest BCUT2D eigenvalue weighted by atomic mass is 10.0. The number of amides is 2. The van der Waals surface area contributed by atoms with E-state index in [-0.39, 0.29) is 24.3 Å². The first-order chi connectivity index (χ1) is 13.8. The van der Waals surface area contributed by atoms with Crippen molar-refractivity contribution < 1.29 is 14.3 Å². The van der Waals surface area contributed by atoms with Crippen LogP contribution >= 0.6 is 0 Å². The second-order valence-electron chi connectivity index (χ2n) is 7.45. The molecule has 2 N–H and O–H groups in total. The maximum absolute atomic E-state index is 12.5. The van der Waals surface area contributed by atoms with Crippen LogP contribution in [0.5, 0.6) is 5.75 Å². The van der Waals surface area contributed by atoms with E-state index in [9.17, 15) is 9.59 Å². The van der Waals surface area contributed by atoms with Gasteiger partial charge in [-0.05, 0) is 43.4 Å². The Morgan fingerprint density at radius 3 is 2.41 bits per heavy atom. The molecule has 0 bridgehead atoms. The average Bonchev–Trinajstić information content (AvgIpc) is 2.68. The van der Waals surface area contributed by atoms with E-state index < -0.39 is 6.04 Å². The number of aryl methyl sites for hydroxylation is 2. The van der Waals surface area contributed by atoms with Gasteiger partial charge in [-0.2, -0.15) is 5.10 Å². The van der Waals surface area contributed by atoms with Crippen molar-refractivity contribution in [3.05, 3.63) is 65.2 Å². The molecular weight excluding hydrogens is 366 g/mol. The van der Waals surface area contributed by atoms with Gasteiger partial charge in [0.1, 0.15) is 11.8 Å². The highest BCUT2D eigenvalue weighted by molar-refractivity contribution is 5.89. The predicted octanol–water partition coefficient (Wildman–Crippen LogP) is 3.36. The van der Waals surface area contributed by atoms with Gasteiger partial charge in [-0.15, -0.1) is 0 Å². The fourth-order valence-electron chi connectivity index (χ4n) is 2.70. The van der Waals surface area contributed by atoms with Crippen LogP contribution in [-0.4, -0.2) is 30.7 Å². The molecule has 0 aliphatic heterocycles. The Bertz CT molecular complexity index is 845. The van der Waals surface area contributed by atoms with Gasteiger partial charge in [-0.25, -0.2) is 5.43 Å². The number of carbonyl (C=O) groups excluding carboxylic acids is 2. The standard InChI is InChI=1S/C23H29N3O3/c1-16(2)13-20(23(28)26-24-14-19-11-9-17(3)10-12-19)25-22(27)15-29-21-8-6-5-7-18(21)4/h5-12,14,16,20H,13,15H2,1-4H3,(H,25,27)(H,26,28)/b24-14-/t20-/m0/s1. The highest BCUT2D eigenvalue weighted by Gasteiger charge is 2.22. The van der Waals surface area contributed by atoms with Crippen LogP contribution in [0.2, 0.25) is 0 Å². The van der Waals surface area contributed by atoms with Crippen molar-refractivity contribution in [2.45, 2.75) is 40.2 Å². The van der Waals surface area contributed by atoms with Crippen LogP contribution in [0.25, 0.3) is 0 Å². The molecule has 0 aliphatic rings. The van der Waals surface area contributed by atoms with E-state index in [2.05, 4.69) is 15.8 Å². The lowest BCUT2D eigenvalue weighted by molar-refractivity contribution is -0.130. The fraction of sp³-hybridized carbons (Fsp3) is 0.348. The Balaban J connectivity index is 1.91. The molecule has 0 aromatic heterocycles. The van der Waals surface area contributed by atoms with Crippen LogP contribution in [0.4, 0.5) is 0 Å². The van der Waals surface area contributed by atoms with Crippen molar-refractivity contribution in [3.63, 3.8) is 0 Å². The summed E-state index contributed by atoms with van der Waals surface area (Å²) in [6, 6.07) is 14.6. The Morgan fingerprint density at radius 2 is 1.76 bits per heavy atom. The first-order valence-electron chi connectivity index (χ1n) is 9.72. The first kappa shape index (κ1) is 22.1. The molecule has 154 valence electrons. The van der Waals surface area contributed by atoms with E-state index in [0.29, 0.717) is 12.2 Å². The highest BCUT2D eigenvalue weighted by atomic mass is 16.5. The number of ether oxygens (including phenoxy) is 1. The molecule has 0 saturated heterocycles. The summed E-state index contributed by atoms with van der Waals surface area (Å²) in [6.45, 7) is 7.75. The van der Waals surface area contributed by atoms with Crippen LogP contribution in [0, 0.1) is 19.8 Å². The highest BCUT2D eigenvalue weighted by Crippen LogP contribution is 2.15. The van der Waals surface area contributed by atoms with Crippen molar-refractivity contribution in [1.29, 1.82) is 0 Å². The van der Waals surface area contributed by atoms with E-state index in [1.807, 2.05) is 70.2 Å². The predicted molar refractivity (Wildman–Crippen MR) is 115 cm³/mol. The minimum atomic E-state index is -0.682. The lowest BCUT2D eigenvalue weighted by Gasteiger charge is -2.19. The van der Waals surface area contributed by atoms with Crippen LogP contribution < -0.4 is 15.5 Å². The number of rotatable bonds is 9. The Labute approximate surface area is 172 Å². The quantitative estimate of drug-likeness (QED) is 0.505. The average molecular weight is 396 g/mol. The molecule has 29 heavy (non-hydrogen) atoms. The van der Waals surface area contributed by atoms with Crippen molar-refractivity contribution in [2.75, 3.05) is 6.61 Å². The van der Waals surface area contributed by atoms with Crippen molar-refractivity contribution in [3.8, 4) is 5.75 Å². The number of nitrogens with one attached hydrogen (secondary N) is 2. The number of hydrogen-bond acceptors (Lipinski definition) is 4. The van der Waals surface area contributed by atoms with E-state index in [1.165, 1.54) is 0 Å². The van der Waals surface area contributed by atoms with Gasteiger partial charge in [0.05, 0.1) is 6.21 Å². The van der Waals surface area contributed by atoms with Crippen molar-refractivity contribution >= 4 is 18.0 Å². The first-order valence-corrected chi connectivity index (χ1v) is 9.72. The molecule has 2 aromatic carbocycles. The summed E-state index contributed by atoms with van der Waals surface area (Å²) in [5.41, 5.74) is 5.49. The molecule has 6 heteroatoms. The molecule has 0 radical (unpaired) electrons. The Morgan fingerprint density at radius 1 is 1.07 bits per heavy atom. The SMILES string of the molecule is Cc1ccc(/C=N\NC(=O)[C@H](CC(C)C)NC(=O)COc2ccccc2C)cc1. The van der Waals surface area contributed by atoms with Gasteiger partial charge in [0.2, 0.25) is 0 Å². The van der Waals surface area contributed by atoms with Gasteiger partial charge in [0.25, 0.3) is 11.8 Å². The number of hydrazone groups is 1. The fourth-order valence-corrected chi connectivity index (χ4v) is 2.70. The molecule has 0 heterocycles. The minimum absolute atomic E-state index is 0.153. The monoisotopic (exact) mass is 395 g/mol. The van der Waals surface area contributed by atoms with Crippen LogP contribution in [0.1, 0.15) is 37.0 Å². The molecule has 6 nitrogen and oxygen atoms in total. The number of para-hydroxylation sites is 1. The zero-order valence-corrected chi connectivity index (χ0v) is 17.4. The molecule has 0 unspecified atom stereocenters. The third kappa shape index (κ3) is 7.78. The molecule has 1 atom stereocenters. The summed E-state index contributed by atoms with van der Waals surface area (Å²) in [7, 11) is 0. The van der Waals surface area contributed by atoms with Gasteiger partial charge in [0.15, 0.2) is 6.61 Å². The molecule has 0 spiro atoms. The number of benzene rings is 2. The third-order valence-corrected chi connectivity index (χ3v) is 4.28. The van der Waals surface area contributed by atoms with Crippen LogP contribution in [0.15, 0.2) is 53.6 Å². The Kier molecular flexibility index (Phi) is 8.40. The van der Waals surface area contributed by atoms with E-state index in [0.717, 1.165) is 16.7 Å². The summed E-state index contributed by atoms with van der Waals surface area (Å²) < 4.78 is 5.56. The Hall–Kier alpha value is -3.15. The number of carbonyl (C=O) groups is 2. The molecule has 0 aliphatic carbocycles. The largest absolute Gasteiger partial charge is 0.484 e. The minimum Gasteiger partial charge on any atom is -0.484 e. The molecule has 2 aromatic rings. The second kappa shape index (κ2) is 11.0. The molecule has 2 rings (SSSR count). The zero-order chi connectivity index (χ0) is 21.2. The summed E-state index contributed by atoms with van der Waals surface area (Å²) >= 11 is 0. The second-order valence-corrected chi connectivity index (χ2v) is 7.45. The molecule has 0 fully saturated rings. The number of nitrogens with zero attached hydrogens (tertiary/aromatic N) is 1. The van der Waals surface area contributed by atoms with Gasteiger partial charge in [-0.3, -0.25) is 9.59 Å². The van der Waals surface area contributed by atoms with Crippen molar-refractivity contribution in [2.24, 2.45) is 11.0 Å². The maximum Gasteiger partial charge on any atom is 0.262 e. The topological polar surface area (TPSA) is 79.8 Å². The summed E-state index contributed by atoms with van der Waals surface area (Å²) in [5.74, 6) is 0.169. The summed E-state index contributed by atoms with van der Waals surface area (Å²) in [5, 5.41) is 6.75. The summed E-state index contributed by atoms with van der Waals surface area (Å²) in [6.07, 6.45) is 2.08. The third-order valence-electron chi connectivity index (χ3n) is 4.28. The van der Waals surface area contributed by atoms with Gasteiger partial charge in [0, 0.05) is 0 Å². The van der Waals surface area contributed by atoms with Gasteiger partial charge in [-0.1, -0.05) is 61.9 Å². The molecule has 2 amide bonds. The van der Waals surface area contributed by atoms with Crippen molar-refractivity contribution in [1.82, 2.24) is 10.7 Å². The van der Waals surface area contributed by atoms with E-state index in [1.54, 1.807) is 12.3 Å². The van der Waals surface area contributed by atoms with Gasteiger partial charge >= 0.3 is 0 Å². The molecular formula is C23H29N3O3. The van der Waals surface area contributed by atoms with Crippen LogP contribution in [0.3, 0.4) is 0 Å².